The molecule has 2 aromatic rings. The third-order valence-electron chi connectivity index (χ3n) is 5.61. The Morgan fingerprint density at radius 2 is 1.87 bits per heavy atom. The van der Waals surface area contributed by atoms with Gasteiger partial charge in [0.2, 0.25) is 17.8 Å². The van der Waals surface area contributed by atoms with Gasteiger partial charge in [-0.2, -0.15) is 4.98 Å². The molecule has 2 aliphatic heterocycles. The lowest BCUT2D eigenvalue weighted by atomic mass is 9.91. The molecular weight excluding hydrogens is 441 g/mol. The van der Waals surface area contributed by atoms with Crippen molar-refractivity contribution in [1.29, 1.82) is 0 Å². The Labute approximate surface area is 189 Å². The SMILES string of the molecule is C[C@H]1C[C@H](C)CN(c2nc3c(c(=O)[nH]2)[C@@H](C(=O)Nc2ccc(Cl)c(Cl)c2)CC(=O)N3)C1. The smallest absolute Gasteiger partial charge is 0.258 e. The van der Waals surface area contributed by atoms with Gasteiger partial charge in [-0.05, 0) is 36.5 Å². The molecule has 0 aliphatic carbocycles. The molecule has 2 amide bonds. The molecule has 1 aromatic heterocycles. The van der Waals surface area contributed by atoms with E-state index in [1.807, 2.05) is 4.90 Å². The van der Waals surface area contributed by atoms with Gasteiger partial charge in [0.1, 0.15) is 5.82 Å². The summed E-state index contributed by atoms with van der Waals surface area (Å²) in [7, 11) is 0. The number of rotatable bonds is 3. The van der Waals surface area contributed by atoms with E-state index in [1.165, 1.54) is 6.07 Å². The van der Waals surface area contributed by atoms with E-state index in [1.54, 1.807) is 12.1 Å². The van der Waals surface area contributed by atoms with Gasteiger partial charge >= 0.3 is 0 Å². The summed E-state index contributed by atoms with van der Waals surface area (Å²) in [5.74, 6) is -0.361. The second kappa shape index (κ2) is 8.51. The number of carbonyl (C=O) groups is 2. The number of nitrogens with one attached hydrogen (secondary N) is 3. The number of H-pyrrole nitrogens is 1. The summed E-state index contributed by atoms with van der Waals surface area (Å²) in [6.07, 6.45) is 0.960. The predicted molar refractivity (Wildman–Crippen MR) is 121 cm³/mol. The summed E-state index contributed by atoms with van der Waals surface area (Å²) < 4.78 is 0. The highest BCUT2D eigenvalue weighted by Gasteiger charge is 2.35. The molecule has 0 radical (unpaired) electrons. The molecule has 2 aliphatic rings. The zero-order chi connectivity index (χ0) is 22.3. The maximum absolute atomic E-state index is 13.0. The predicted octanol–water partition coefficient (Wildman–Crippen LogP) is 3.62. The standard InChI is InChI=1S/C21H23Cl2N5O3/c1-10-5-11(2)9-28(8-10)21-26-18-17(20(31)27-21)13(7-16(29)25-18)19(30)24-12-3-4-14(22)15(23)6-12/h3-4,6,10-11,13H,5,7-9H2,1-2H3,(H,24,30)(H2,25,26,27,29,31)/t10-,11-,13-/m0/s1. The zero-order valence-electron chi connectivity index (χ0n) is 17.2. The summed E-state index contributed by atoms with van der Waals surface area (Å²) in [6.45, 7) is 5.84. The Morgan fingerprint density at radius 3 is 2.55 bits per heavy atom. The lowest BCUT2D eigenvalue weighted by molar-refractivity contribution is -0.123. The van der Waals surface area contributed by atoms with Crippen LogP contribution in [0.4, 0.5) is 17.5 Å². The number of amides is 2. The topological polar surface area (TPSA) is 107 Å². The summed E-state index contributed by atoms with van der Waals surface area (Å²) in [6, 6.07) is 4.67. The van der Waals surface area contributed by atoms with Crippen molar-refractivity contribution < 1.29 is 9.59 Å². The maximum Gasteiger partial charge on any atom is 0.258 e. The van der Waals surface area contributed by atoms with Crippen LogP contribution in [-0.2, 0) is 9.59 Å². The van der Waals surface area contributed by atoms with Crippen LogP contribution in [0.3, 0.4) is 0 Å². The molecule has 164 valence electrons. The van der Waals surface area contributed by atoms with Crippen molar-refractivity contribution in [3.05, 3.63) is 44.2 Å². The molecule has 10 heteroatoms. The van der Waals surface area contributed by atoms with Crippen molar-refractivity contribution in [3.63, 3.8) is 0 Å². The van der Waals surface area contributed by atoms with Crippen LogP contribution in [-0.4, -0.2) is 34.9 Å². The van der Waals surface area contributed by atoms with Crippen LogP contribution in [0.25, 0.3) is 0 Å². The Bertz CT molecular complexity index is 1090. The first-order valence-corrected chi connectivity index (χ1v) is 10.9. The van der Waals surface area contributed by atoms with Crippen molar-refractivity contribution in [2.24, 2.45) is 11.8 Å². The van der Waals surface area contributed by atoms with Gasteiger partial charge < -0.3 is 15.5 Å². The van der Waals surface area contributed by atoms with Crippen molar-refractivity contribution in [3.8, 4) is 0 Å². The average molecular weight is 464 g/mol. The summed E-state index contributed by atoms with van der Waals surface area (Å²) in [5, 5.41) is 6.00. The molecule has 3 heterocycles. The average Bonchev–Trinajstić information content (AvgIpc) is 2.69. The van der Waals surface area contributed by atoms with Crippen molar-refractivity contribution in [2.75, 3.05) is 28.6 Å². The van der Waals surface area contributed by atoms with Gasteiger partial charge in [0.05, 0.1) is 21.5 Å². The van der Waals surface area contributed by atoms with E-state index in [0.717, 1.165) is 19.5 Å². The normalized spacial score (nSPS) is 23.2. The number of hydrogen-bond acceptors (Lipinski definition) is 5. The number of halogens is 2. The molecule has 8 nitrogen and oxygen atoms in total. The van der Waals surface area contributed by atoms with Crippen LogP contribution in [0.1, 0.15) is 38.2 Å². The van der Waals surface area contributed by atoms with Crippen LogP contribution in [0.15, 0.2) is 23.0 Å². The Hall–Kier alpha value is -2.58. The fourth-order valence-electron chi connectivity index (χ4n) is 4.37. The highest BCUT2D eigenvalue weighted by molar-refractivity contribution is 6.42. The van der Waals surface area contributed by atoms with E-state index in [0.29, 0.717) is 28.5 Å². The molecule has 0 saturated carbocycles. The van der Waals surface area contributed by atoms with Crippen LogP contribution >= 0.6 is 23.2 Å². The molecule has 1 fully saturated rings. The Balaban J connectivity index is 1.64. The van der Waals surface area contributed by atoms with Crippen LogP contribution in [0.2, 0.25) is 10.0 Å². The first kappa shape index (κ1) is 21.6. The van der Waals surface area contributed by atoms with Gasteiger partial charge in [-0.1, -0.05) is 37.0 Å². The summed E-state index contributed by atoms with van der Waals surface area (Å²) >= 11 is 11.9. The molecule has 4 rings (SSSR count). The van der Waals surface area contributed by atoms with Gasteiger partial charge in [-0.25, -0.2) is 0 Å². The molecule has 1 saturated heterocycles. The molecule has 0 spiro atoms. The molecule has 3 N–H and O–H groups in total. The number of hydrogen-bond donors (Lipinski definition) is 3. The van der Waals surface area contributed by atoms with Gasteiger partial charge in [0.25, 0.3) is 5.56 Å². The number of piperidine rings is 1. The monoisotopic (exact) mass is 463 g/mol. The lowest BCUT2D eigenvalue weighted by Crippen LogP contribution is -2.42. The number of carbonyl (C=O) groups excluding carboxylic acids is 2. The molecule has 3 atom stereocenters. The summed E-state index contributed by atoms with van der Waals surface area (Å²) in [5.41, 5.74) is 0.142. The first-order valence-electron chi connectivity index (χ1n) is 10.2. The first-order chi connectivity index (χ1) is 14.7. The van der Waals surface area contributed by atoms with Gasteiger partial charge in [0, 0.05) is 25.2 Å². The van der Waals surface area contributed by atoms with Gasteiger partial charge in [0.15, 0.2) is 0 Å². The number of anilines is 3. The Kier molecular flexibility index (Phi) is 5.94. The second-order valence-electron chi connectivity index (χ2n) is 8.43. The number of aromatic nitrogens is 2. The molecule has 0 bridgehead atoms. The minimum Gasteiger partial charge on any atom is -0.342 e. The van der Waals surface area contributed by atoms with E-state index in [9.17, 15) is 14.4 Å². The van der Waals surface area contributed by atoms with Gasteiger partial charge in [-0.3, -0.25) is 19.4 Å². The third kappa shape index (κ3) is 4.55. The molecular formula is C21H23Cl2N5O3. The quantitative estimate of drug-likeness (QED) is 0.643. The van der Waals surface area contributed by atoms with Crippen molar-refractivity contribution in [1.82, 2.24) is 9.97 Å². The minimum atomic E-state index is -0.970. The molecule has 1 aromatic carbocycles. The number of nitrogens with zero attached hydrogens (tertiary/aromatic N) is 2. The number of aromatic amines is 1. The highest BCUT2D eigenvalue weighted by Crippen LogP contribution is 2.32. The van der Waals surface area contributed by atoms with Crippen molar-refractivity contribution >= 4 is 52.5 Å². The highest BCUT2D eigenvalue weighted by atomic mass is 35.5. The fourth-order valence-corrected chi connectivity index (χ4v) is 4.67. The largest absolute Gasteiger partial charge is 0.342 e. The molecule has 0 unspecified atom stereocenters. The van der Waals surface area contributed by atoms with Crippen LogP contribution in [0, 0.1) is 11.8 Å². The van der Waals surface area contributed by atoms with E-state index >= 15 is 0 Å². The number of fused-ring (bicyclic) bond motifs is 1. The fraction of sp³-hybridized carbons (Fsp3) is 0.429. The lowest BCUT2D eigenvalue weighted by Gasteiger charge is -2.35. The molecule has 31 heavy (non-hydrogen) atoms. The van der Waals surface area contributed by atoms with Crippen LogP contribution < -0.4 is 21.1 Å². The van der Waals surface area contributed by atoms with Gasteiger partial charge in [-0.15, -0.1) is 0 Å². The maximum atomic E-state index is 13.0. The zero-order valence-corrected chi connectivity index (χ0v) is 18.7. The third-order valence-corrected chi connectivity index (χ3v) is 6.35. The second-order valence-corrected chi connectivity index (χ2v) is 9.24. The van der Waals surface area contributed by atoms with E-state index in [4.69, 9.17) is 23.2 Å². The van der Waals surface area contributed by atoms with E-state index in [-0.39, 0.29) is 28.7 Å². The van der Waals surface area contributed by atoms with E-state index < -0.39 is 17.4 Å². The van der Waals surface area contributed by atoms with Crippen LogP contribution in [0.5, 0.6) is 0 Å². The summed E-state index contributed by atoms with van der Waals surface area (Å²) in [4.78, 5) is 47.5. The minimum absolute atomic E-state index is 0.134. The van der Waals surface area contributed by atoms with E-state index in [2.05, 4.69) is 34.4 Å². The number of benzene rings is 1. The van der Waals surface area contributed by atoms with Crippen molar-refractivity contribution in [2.45, 2.75) is 32.6 Å². The Morgan fingerprint density at radius 1 is 1.16 bits per heavy atom.